The molecule has 0 heterocycles. The Labute approximate surface area is 151 Å². The van der Waals surface area contributed by atoms with Crippen LogP contribution >= 0.6 is 0 Å². The monoisotopic (exact) mass is 356 g/mol. The number of hydrogen-bond donors (Lipinski definition) is 2. The van der Waals surface area contributed by atoms with Gasteiger partial charge in [0.1, 0.15) is 5.75 Å². The summed E-state index contributed by atoms with van der Waals surface area (Å²) in [5.74, 6) is -1.18. The van der Waals surface area contributed by atoms with E-state index in [1.807, 2.05) is 6.07 Å². The zero-order valence-corrected chi connectivity index (χ0v) is 14.5. The molecule has 0 fully saturated rings. The lowest BCUT2D eigenvalue weighted by atomic mass is 10.2. The summed E-state index contributed by atoms with van der Waals surface area (Å²) in [6.45, 7) is 3.00. The number of hydrogen-bond acceptors (Lipinski definition) is 5. The maximum atomic E-state index is 12.1. The van der Waals surface area contributed by atoms with Gasteiger partial charge in [0.15, 0.2) is 12.2 Å². The van der Waals surface area contributed by atoms with E-state index in [2.05, 4.69) is 5.32 Å². The van der Waals surface area contributed by atoms with Crippen LogP contribution in [0.4, 0.5) is 5.69 Å². The molecule has 2 aromatic carbocycles. The number of nitrogens with two attached hydrogens (primary N) is 1. The number of carbonyl (C=O) groups excluding carboxylic acids is 3. The Balaban J connectivity index is 1.87. The summed E-state index contributed by atoms with van der Waals surface area (Å²) < 4.78 is 10.6. The highest BCUT2D eigenvalue weighted by molar-refractivity contribution is 5.96. The van der Waals surface area contributed by atoms with Crippen molar-refractivity contribution in [3.8, 4) is 5.75 Å². The molecule has 0 unspecified atom stereocenters. The predicted octanol–water partition coefficient (Wildman–Crippen LogP) is 2.12. The molecule has 0 saturated carbocycles. The first-order chi connectivity index (χ1) is 12.4. The number of rotatable bonds is 7. The van der Waals surface area contributed by atoms with E-state index in [0.29, 0.717) is 17.0 Å². The van der Waals surface area contributed by atoms with Crippen LogP contribution in [0.2, 0.25) is 0 Å². The van der Waals surface area contributed by atoms with Gasteiger partial charge in [-0.25, -0.2) is 4.79 Å². The summed E-state index contributed by atoms with van der Waals surface area (Å²) in [7, 11) is 0. The van der Waals surface area contributed by atoms with Gasteiger partial charge < -0.3 is 20.5 Å². The van der Waals surface area contributed by atoms with Crippen molar-refractivity contribution in [2.45, 2.75) is 26.1 Å². The molecule has 2 amide bonds. The summed E-state index contributed by atoms with van der Waals surface area (Å²) in [6.07, 6.45) is -1.87. The lowest BCUT2D eigenvalue weighted by molar-refractivity contribution is -0.159. The molecule has 2 atom stereocenters. The SMILES string of the molecule is C[C@H](OC(=O)[C@H](C)Oc1ccccc1)C(=O)Nc1ccc(C(N)=O)cc1. The van der Waals surface area contributed by atoms with Crippen LogP contribution in [-0.2, 0) is 14.3 Å². The van der Waals surface area contributed by atoms with Gasteiger partial charge in [-0.05, 0) is 50.2 Å². The van der Waals surface area contributed by atoms with Crippen molar-refractivity contribution in [2.24, 2.45) is 5.73 Å². The molecule has 26 heavy (non-hydrogen) atoms. The van der Waals surface area contributed by atoms with Crippen molar-refractivity contribution in [3.05, 3.63) is 60.2 Å². The number of carbonyl (C=O) groups is 3. The van der Waals surface area contributed by atoms with Gasteiger partial charge in [0.2, 0.25) is 5.91 Å². The molecular formula is C19H20N2O5. The van der Waals surface area contributed by atoms with Gasteiger partial charge in [0, 0.05) is 11.3 Å². The van der Waals surface area contributed by atoms with Gasteiger partial charge in [0.25, 0.3) is 5.91 Å². The molecular weight excluding hydrogens is 336 g/mol. The molecule has 2 rings (SSSR count). The second-order valence-electron chi connectivity index (χ2n) is 5.58. The Kier molecular flexibility index (Phi) is 6.32. The van der Waals surface area contributed by atoms with Crippen LogP contribution in [0, 0.1) is 0 Å². The Morgan fingerprint density at radius 1 is 0.923 bits per heavy atom. The summed E-state index contributed by atoms with van der Waals surface area (Å²) in [4.78, 5) is 35.2. The summed E-state index contributed by atoms with van der Waals surface area (Å²) in [5.41, 5.74) is 5.94. The normalized spacial score (nSPS) is 12.5. The van der Waals surface area contributed by atoms with Crippen LogP contribution in [0.3, 0.4) is 0 Å². The van der Waals surface area contributed by atoms with Gasteiger partial charge >= 0.3 is 5.97 Å². The average Bonchev–Trinajstić information content (AvgIpc) is 2.62. The molecule has 0 saturated heterocycles. The lowest BCUT2D eigenvalue weighted by Gasteiger charge is -2.17. The van der Waals surface area contributed by atoms with Crippen molar-refractivity contribution < 1.29 is 23.9 Å². The number of para-hydroxylation sites is 1. The van der Waals surface area contributed by atoms with Crippen LogP contribution in [0.25, 0.3) is 0 Å². The number of primary amides is 1. The maximum Gasteiger partial charge on any atom is 0.347 e. The fourth-order valence-corrected chi connectivity index (χ4v) is 2.04. The molecule has 2 aromatic rings. The molecule has 0 aromatic heterocycles. The van der Waals surface area contributed by atoms with Crippen molar-refractivity contribution in [3.63, 3.8) is 0 Å². The summed E-state index contributed by atoms with van der Waals surface area (Å²) in [6, 6.07) is 14.9. The first kappa shape index (κ1) is 19.0. The molecule has 0 aliphatic carbocycles. The van der Waals surface area contributed by atoms with E-state index < -0.39 is 30.0 Å². The Bertz CT molecular complexity index is 774. The Morgan fingerprint density at radius 3 is 2.12 bits per heavy atom. The predicted molar refractivity (Wildman–Crippen MR) is 95.7 cm³/mol. The standard InChI is InChI=1S/C19H20N2O5/c1-12(18(23)21-15-10-8-14(9-11-15)17(20)22)26-19(24)13(2)25-16-6-4-3-5-7-16/h3-13H,1-2H3,(H2,20,22)(H,21,23)/t12-,13-/m0/s1. The van der Waals surface area contributed by atoms with E-state index in [9.17, 15) is 14.4 Å². The third-order valence-corrected chi connectivity index (χ3v) is 3.49. The molecule has 3 N–H and O–H groups in total. The highest BCUT2D eigenvalue weighted by Crippen LogP contribution is 2.13. The molecule has 0 radical (unpaired) electrons. The Morgan fingerprint density at radius 2 is 1.54 bits per heavy atom. The average molecular weight is 356 g/mol. The molecule has 136 valence electrons. The fraction of sp³-hybridized carbons (Fsp3) is 0.211. The van der Waals surface area contributed by atoms with E-state index in [-0.39, 0.29) is 0 Å². The van der Waals surface area contributed by atoms with Crippen molar-refractivity contribution in [1.82, 2.24) is 0 Å². The molecule has 0 aliphatic heterocycles. The van der Waals surface area contributed by atoms with Crippen molar-refractivity contribution >= 4 is 23.5 Å². The summed E-state index contributed by atoms with van der Waals surface area (Å²) >= 11 is 0. The largest absolute Gasteiger partial charge is 0.479 e. The zero-order valence-electron chi connectivity index (χ0n) is 14.5. The molecule has 7 heteroatoms. The van der Waals surface area contributed by atoms with Crippen LogP contribution in [0.15, 0.2) is 54.6 Å². The van der Waals surface area contributed by atoms with Gasteiger partial charge in [0.05, 0.1) is 0 Å². The van der Waals surface area contributed by atoms with E-state index in [4.69, 9.17) is 15.2 Å². The molecule has 7 nitrogen and oxygen atoms in total. The molecule has 0 spiro atoms. The van der Waals surface area contributed by atoms with E-state index in [1.165, 1.54) is 31.2 Å². The fourth-order valence-electron chi connectivity index (χ4n) is 2.04. The summed E-state index contributed by atoms with van der Waals surface area (Å²) in [5, 5.41) is 2.59. The number of esters is 1. The zero-order chi connectivity index (χ0) is 19.1. The van der Waals surface area contributed by atoms with Crippen molar-refractivity contribution in [1.29, 1.82) is 0 Å². The first-order valence-corrected chi connectivity index (χ1v) is 7.99. The second-order valence-corrected chi connectivity index (χ2v) is 5.58. The second kappa shape index (κ2) is 8.66. The quantitative estimate of drug-likeness (QED) is 0.739. The maximum absolute atomic E-state index is 12.1. The van der Waals surface area contributed by atoms with E-state index in [1.54, 1.807) is 31.2 Å². The highest BCUT2D eigenvalue weighted by atomic mass is 16.6. The highest BCUT2D eigenvalue weighted by Gasteiger charge is 2.23. The number of anilines is 1. The van der Waals surface area contributed by atoms with Gasteiger partial charge in [-0.3, -0.25) is 9.59 Å². The van der Waals surface area contributed by atoms with E-state index >= 15 is 0 Å². The number of ether oxygens (including phenoxy) is 2. The van der Waals surface area contributed by atoms with Gasteiger partial charge in [-0.15, -0.1) is 0 Å². The Hall–Kier alpha value is -3.35. The number of benzene rings is 2. The molecule has 0 aliphatic rings. The third kappa shape index (κ3) is 5.34. The lowest BCUT2D eigenvalue weighted by Crippen LogP contribution is -2.35. The smallest absolute Gasteiger partial charge is 0.347 e. The third-order valence-electron chi connectivity index (χ3n) is 3.49. The van der Waals surface area contributed by atoms with Crippen LogP contribution in [0.5, 0.6) is 5.75 Å². The minimum Gasteiger partial charge on any atom is -0.479 e. The number of nitrogens with one attached hydrogen (secondary N) is 1. The van der Waals surface area contributed by atoms with E-state index in [0.717, 1.165) is 0 Å². The minimum absolute atomic E-state index is 0.328. The first-order valence-electron chi connectivity index (χ1n) is 7.99. The van der Waals surface area contributed by atoms with Gasteiger partial charge in [-0.1, -0.05) is 18.2 Å². The van der Waals surface area contributed by atoms with Crippen LogP contribution in [0.1, 0.15) is 24.2 Å². The minimum atomic E-state index is -1.01. The molecule has 0 bridgehead atoms. The van der Waals surface area contributed by atoms with Crippen LogP contribution < -0.4 is 15.8 Å². The van der Waals surface area contributed by atoms with Crippen molar-refractivity contribution in [2.75, 3.05) is 5.32 Å². The van der Waals surface area contributed by atoms with Crippen LogP contribution in [-0.4, -0.2) is 30.0 Å². The topological polar surface area (TPSA) is 108 Å². The van der Waals surface area contributed by atoms with Gasteiger partial charge in [-0.2, -0.15) is 0 Å². The number of amides is 2.